The molecule has 0 atom stereocenters. The van der Waals surface area contributed by atoms with Crippen LogP contribution >= 0.6 is 0 Å². The van der Waals surface area contributed by atoms with Crippen LogP contribution in [0.1, 0.15) is 41.5 Å². The zero-order valence-electron chi connectivity index (χ0n) is 13.6. The van der Waals surface area contributed by atoms with Gasteiger partial charge >= 0.3 is 17.4 Å². The van der Waals surface area contributed by atoms with Gasteiger partial charge in [0.2, 0.25) is 0 Å². The Morgan fingerprint density at radius 1 is 0.591 bits per heavy atom. The van der Waals surface area contributed by atoms with E-state index >= 15 is 0 Å². The average molecular weight is 358 g/mol. The van der Waals surface area contributed by atoms with Gasteiger partial charge in [-0.25, -0.2) is 0 Å². The molecule has 0 aromatic heterocycles. The molecule has 10 heteroatoms. The maximum Gasteiger partial charge on any atom is 6.00 e. The van der Waals surface area contributed by atoms with E-state index < -0.39 is 34.5 Å². The monoisotopic (exact) mass is 358 g/mol. The molecular weight excluding hydrogens is 334 g/mol. The van der Waals surface area contributed by atoms with E-state index in [0.29, 0.717) is 0 Å². The summed E-state index contributed by atoms with van der Waals surface area (Å²) in [7, 11) is 0. The van der Waals surface area contributed by atoms with Crippen LogP contribution in [0.15, 0.2) is 0 Å². The first-order chi connectivity index (χ1) is 8.83. The van der Waals surface area contributed by atoms with Gasteiger partial charge in [-0.2, -0.15) is 0 Å². The normalized spacial score (nSPS) is 10.8. The second-order valence-corrected chi connectivity index (χ2v) is 6.03. The molecule has 126 valence electrons. The van der Waals surface area contributed by atoms with Gasteiger partial charge in [-0.1, -0.05) is 0 Å². The molecule has 0 unspecified atom stereocenters. The number of carbonyl (C=O) groups is 3. The van der Waals surface area contributed by atoms with Crippen molar-refractivity contribution in [1.82, 2.24) is 0 Å². The number of aliphatic carboxylic acids is 3. The summed E-state index contributed by atoms with van der Waals surface area (Å²) in [5.74, 6) is -3.69. The number of hydrogen-bond acceptors (Lipinski definition) is 9. The molecule has 0 heterocycles. The number of carboxylic acids is 3. The van der Waals surface area contributed by atoms with Gasteiger partial charge in [0.15, 0.2) is 0 Å². The molecule has 0 amide bonds. The SMILES string of the molecule is CC(C)(N)C(=O)[O-].CC(C)(N)C(=O)[O-].CC(C)(N)C(=O)[O-].[Cr+6]. The maximum atomic E-state index is 9.78. The molecule has 6 N–H and O–H groups in total. The molecule has 0 aliphatic carbocycles. The van der Waals surface area contributed by atoms with Gasteiger partial charge in [-0.15, -0.1) is 0 Å². The third kappa shape index (κ3) is 21.1. The van der Waals surface area contributed by atoms with Gasteiger partial charge in [0.05, 0.1) is 17.9 Å². The predicted molar refractivity (Wildman–Crippen MR) is 69.8 cm³/mol. The van der Waals surface area contributed by atoms with Gasteiger partial charge in [0, 0.05) is 16.6 Å². The average Bonchev–Trinajstić information content (AvgIpc) is 2.14. The Kier molecular flexibility index (Phi) is 13.8. The Bertz CT molecular complexity index is 309. The Balaban J connectivity index is -0.000000108. The van der Waals surface area contributed by atoms with Crippen LogP contribution in [0, 0.1) is 0 Å². The van der Waals surface area contributed by atoms with Crippen molar-refractivity contribution < 1.29 is 47.1 Å². The number of carboxylic acid groups (broad SMARTS) is 3. The van der Waals surface area contributed by atoms with Crippen molar-refractivity contribution in [2.75, 3.05) is 0 Å². The molecule has 0 fully saturated rings. The Labute approximate surface area is 141 Å². The molecule has 0 saturated carbocycles. The predicted octanol–water partition coefficient (Wildman–Crippen LogP) is -4.58. The molecule has 0 aromatic carbocycles. The minimum Gasteiger partial charge on any atom is -0.548 e. The Morgan fingerprint density at radius 2 is 0.636 bits per heavy atom. The first-order valence-corrected chi connectivity index (χ1v) is 5.84. The first kappa shape index (κ1) is 28.9. The quantitative estimate of drug-likeness (QED) is 0.444. The summed E-state index contributed by atoms with van der Waals surface area (Å²) in [6.45, 7) is 8.26. The molecule has 9 nitrogen and oxygen atoms in total. The van der Waals surface area contributed by atoms with Crippen LogP contribution in [0.4, 0.5) is 0 Å². The van der Waals surface area contributed by atoms with Crippen molar-refractivity contribution in [3.05, 3.63) is 0 Å². The fraction of sp³-hybridized carbons (Fsp3) is 0.750. The van der Waals surface area contributed by atoms with Gasteiger partial charge in [-0.05, 0) is 41.5 Å². The van der Waals surface area contributed by atoms with Crippen LogP contribution in [0.25, 0.3) is 0 Å². The van der Waals surface area contributed by atoms with Crippen LogP contribution in [-0.4, -0.2) is 34.5 Å². The molecule has 0 rings (SSSR count). The molecule has 0 aromatic rings. The van der Waals surface area contributed by atoms with Crippen molar-refractivity contribution in [2.45, 2.75) is 58.2 Å². The third-order valence-corrected chi connectivity index (χ3v) is 1.58. The number of rotatable bonds is 3. The van der Waals surface area contributed by atoms with Gasteiger partial charge in [0.25, 0.3) is 0 Å². The number of hydrogen-bond donors (Lipinski definition) is 3. The summed E-state index contributed by atoms with van der Waals surface area (Å²) in [6, 6.07) is 0. The van der Waals surface area contributed by atoms with Crippen LogP contribution in [0.3, 0.4) is 0 Å². The van der Waals surface area contributed by atoms with E-state index in [1.54, 1.807) is 0 Å². The largest absolute Gasteiger partial charge is 6.00 e. The minimum atomic E-state index is -1.23. The van der Waals surface area contributed by atoms with Crippen molar-refractivity contribution in [1.29, 1.82) is 0 Å². The maximum absolute atomic E-state index is 9.78. The third-order valence-electron chi connectivity index (χ3n) is 1.58. The fourth-order valence-corrected chi connectivity index (χ4v) is 0. The smallest absolute Gasteiger partial charge is 0.548 e. The van der Waals surface area contributed by atoms with E-state index in [2.05, 4.69) is 0 Å². The molecule has 0 aliphatic heterocycles. The Morgan fingerprint density at radius 3 is 0.636 bits per heavy atom. The van der Waals surface area contributed by atoms with Crippen molar-refractivity contribution >= 4 is 17.9 Å². The second kappa shape index (κ2) is 10.5. The summed E-state index contributed by atoms with van der Waals surface area (Å²) in [6.07, 6.45) is 0. The molecule has 0 radical (unpaired) electrons. The van der Waals surface area contributed by atoms with E-state index in [4.69, 9.17) is 17.2 Å². The second-order valence-electron chi connectivity index (χ2n) is 6.03. The van der Waals surface area contributed by atoms with Gasteiger partial charge in [-0.3, -0.25) is 0 Å². The fourth-order valence-electron chi connectivity index (χ4n) is 0. The molecule has 22 heavy (non-hydrogen) atoms. The van der Waals surface area contributed by atoms with Crippen LogP contribution in [-0.2, 0) is 31.7 Å². The van der Waals surface area contributed by atoms with Gasteiger partial charge in [0.1, 0.15) is 0 Å². The molecule has 0 spiro atoms. The molecular formula is C12H24CrN3O6+3. The number of carbonyl (C=O) groups excluding carboxylic acids is 3. The first-order valence-electron chi connectivity index (χ1n) is 5.84. The van der Waals surface area contributed by atoms with Gasteiger partial charge < -0.3 is 46.9 Å². The van der Waals surface area contributed by atoms with Crippen molar-refractivity contribution in [2.24, 2.45) is 17.2 Å². The zero-order chi connectivity index (χ0) is 18.2. The van der Waals surface area contributed by atoms with E-state index in [-0.39, 0.29) is 17.4 Å². The Hall–Kier alpha value is -1.18. The van der Waals surface area contributed by atoms with Crippen molar-refractivity contribution in [3.8, 4) is 0 Å². The minimum absolute atomic E-state index is 0. The molecule has 0 bridgehead atoms. The molecule has 0 aliphatic rings. The summed E-state index contributed by atoms with van der Waals surface area (Å²) < 4.78 is 0. The van der Waals surface area contributed by atoms with E-state index in [1.165, 1.54) is 41.5 Å². The summed E-state index contributed by atoms with van der Waals surface area (Å²) in [5, 5.41) is 29.4. The van der Waals surface area contributed by atoms with E-state index in [9.17, 15) is 29.7 Å². The number of nitrogens with two attached hydrogens (primary N) is 3. The van der Waals surface area contributed by atoms with E-state index in [0.717, 1.165) is 0 Å². The zero-order valence-corrected chi connectivity index (χ0v) is 14.9. The van der Waals surface area contributed by atoms with E-state index in [1.807, 2.05) is 0 Å². The summed E-state index contributed by atoms with van der Waals surface area (Å²) >= 11 is 0. The topological polar surface area (TPSA) is 198 Å². The summed E-state index contributed by atoms with van der Waals surface area (Å²) in [4.78, 5) is 29.4. The van der Waals surface area contributed by atoms with Crippen LogP contribution in [0.5, 0.6) is 0 Å². The van der Waals surface area contributed by atoms with Crippen LogP contribution in [0.2, 0.25) is 0 Å². The molecule has 0 saturated heterocycles. The standard InChI is InChI=1S/3C4H9NO2.Cr/c3*1-4(2,5)3(6)7;/h3*5H2,1-2H3,(H,6,7);/q;;;+6/p-3. The van der Waals surface area contributed by atoms with Crippen LogP contribution < -0.4 is 32.5 Å². The summed E-state index contributed by atoms with van der Waals surface area (Å²) in [5.41, 5.74) is 11.5. The van der Waals surface area contributed by atoms with Crippen molar-refractivity contribution in [3.63, 3.8) is 0 Å².